The number of alkyl halides is 4. The summed E-state index contributed by atoms with van der Waals surface area (Å²) in [6.07, 6.45) is -3.62. The minimum atomic E-state index is -3.95. The van der Waals surface area contributed by atoms with Gasteiger partial charge >= 0.3 is 12.3 Å². The third-order valence-electron chi connectivity index (χ3n) is 1.30. The van der Waals surface area contributed by atoms with Gasteiger partial charge in [-0.3, -0.25) is 0 Å². The van der Waals surface area contributed by atoms with Gasteiger partial charge in [0.25, 0.3) is 0 Å². The van der Waals surface area contributed by atoms with Crippen molar-refractivity contribution in [3.8, 4) is 0 Å². The maximum atomic E-state index is 12.1. The van der Waals surface area contributed by atoms with Gasteiger partial charge in [-0.15, -0.1) is 0 Å². The lowest BCUT2D eigenvalue weighted by atomic mass is 10.1. The zero-order valence-electron chi connectivity index (χ0n) is 5.45. The molecule has 0 heterocycles. The monoisotopic (exact) mass is 159 g/mol. The average Bonchev–Trinajstić information content (AvgIpc) is 1.86. The molecule has 10 heavy (non-hydrogen) atoms. The third kappa shape index (κ3) is 1.83. The van der Waals surface area contributed by atoms with Gasteiger partial charge in [-0.2, -0.15) is 8.78 Å². The van der Waals surface area contributed by atoms with Crippen molar-refractivity contribution in [3.05, 3.63) is 0 Å². The smallest absolute Gasteiger partial charge is 0.311 e. The Morgan fingerprint density at radius 1 is 1.40 bits per heavy atom. The molecule has 0 aliphatic carbocycles. The van der Waals surface area contributed by atoms with Crippen LogP contribution in [0.25, 0.3) is 0 Å². The largest absolute Gasteiger partial charge is 0.330 e. The summed E-state index contributed by atoms with van der Waals surface area (Å²) in [6.45, 7) is 0.559. The van der Waals surface area contributed by atoms with E-state index < -0.39 is 24.8 Å². The molecule has 1 atom stereocenters. The van der Waals surface area contributed by atoms with Gasteiger partial charge in [-0.05, 0) is 0 Å². The fourth-order valence-electron chi connectivity index (χ4n) is 0.372. The van der Waals surface area contributed by atoms with Crippen molar-refractivity contribution < 1.29 is 17.6 Å². The average molecular weight is 159 g/mol. The van der Waals surface area contributed by atoms with E-state index >= 15 is 0 Å². The highest BCUT2D eigenvalue weighted by atomic mass is 19.3. The Morgan fingerprint density at radius 2 is 1.80 bits per heavy atom. The first-order valence-electron chi connectivity index (χ1n) is 2.79. The Kier molecular flexibility index (Phi) is 3.08. The molecule has 0 radical (unpaired) electrons. The van der Waals surface area contributed by atoms with Crippen LogP contribution in [-0.2, 0) is 0 Å². The fraction of sp³-hybridized carbons (Fsp3) is 1.00. The van der Waals surface area contributed by atoms with Crippen LogP contribution in [0.15, 0.2) is 0 Å². The van der Waals surface area contributed by atoms with Crippen molar-refractivity contribution in [2.24, 2.45) is 11.7 Å². The fourth-order valence-corrected chi connectivity index (χ4v) is 0.372. The molecule has 0 aromatic heterocycles. The van der Waals surface area contributed by atoms with Gasteiger partial charge in [0.1, 0.15) is 0 Å². The van der Waals surface area contributed by atoms with Crippen LogP contribution in [-0.4, -0.2) is 18.9 Å². The van der Waals surface area contributed by atoms with E-state index in [1.165, 1.54) is 0 Å². The van der Waals surface area contributed by atoms with Crippen molar-refractivity contribution in [3.63, 3.8) is 0 Å². The highest BCUT2D eigenvalue weighted by Gasteiger charge is 2.45. The van der Waals surface area contributed by atoms with Crippen molar-refractivity contribution in [2.75, 3.05) is 6.54 Å². The summed E-state index contributed by atoms with van der Waals surface area (Å²) in [6, 6.07) is 0. The summed E-state index contributed by atoms with van der Waals surface area (Å²) < 4.78 is 47.1. The summed E-state index contributed by atoms with van der Waals surface area (Å²) in [5.74, 6) is -5.41. The van der Waals surface area contributed by atoms with Crippen LogP contribution in [0.5, 0.6) is 0 Å². The van der Waals surface area contributed by atoms with E-state index in [4.69, 9.17) is 5.73 Å². The lowest BCUT2D eigenvalue weighted by molar-refractivity contribution is -0.158. The van der Waals surface area contributed by atoms with Gasteiger partial charge in [0, 0.05) is 12.5 Å². The molecule has 0 aliphatic heterocycles. The first kappa shape index (κ1) is 9.68. The van der Waals surface area contributed by atoms with Crippen LogP contribution in [0.3, 0.4) is 0 Å². The number of rotatable bonds is 3. The van der Waals surface area contributed by atoms with Crippen molar-refractivity contribution in [1.29, 1.82) is 0 Å². The lowest BCUT2D eigenvalue weighted by Crippen LogP contribution is -2.38. The van der Waals surface area contributed by atoms with E-state index in [2.05, 4.69) is 0 Å². The molecule has 0 fully saturated rings. The minimum Gasteiger partial charge on any atom is -0.330 e. The molecule has 0 spiro atoms. The summed E-state index contributed by atoms with van der Waals surface area (Å²) in [5, 5.41) is 0. The maximum absolute atomic E-state index is 12.1. The Balaban J connectivity index is 4.09. The number of hydrogen-bond donors (Lipinski definition) is 1. The van der Waals surface area contributed by atoms with Crippen LogP contribution >= 0.6 is 0 Å². The molecule has 5 heteroatoms. The Hall–Kier alpha value is -0.320. The standard InChI is InChI=1S/C5H9F4N/c1-3(2-10)5(8,9)4(6)7/h3-4H,2,10H2,1H3/t3-/m0/s1. The maximum Gasteiger partial charge on any atom is 0.311 e. The Bertz CT molecular complexity index is 104. The molecule has 0 bridgehead atoms. The normalized spacial score (nSPS) is 15.9. The Labute approximate surface area is 56.2 Å². The zero-order chi connectivity index (χ0) is 8.36. The molecule has 0 saturated carbocycles. The van der Waals surface area contributed by atoms with Crippen LogP contribution in [0.2, 0.25) is 0 Å². The molecule has 62 valence electrons. The van der Waals surface area contributed by atoms with Crippen molar-refractivity contribution in [2.45, 2.75) is 19.3 Å². The van der Waals surface area contributed by atoms with Crippen LogP contribution in [0.4, 0.5) is 17.6 Å². The predicted molar refractivity (Wildman–Crippen MR) is 29.2 cm³/mol. The second-order valence-electron chi connectivity index (χ2n) is 2.11. The topological polar surface area (TPSA) is 26.0 Å². The molecule has 2 N–H and O–H groups in total. The van der Waals surface area contributed by atoms with Crippen LogP contribution < -0.4 is 5.73 Å². The SMILES string of the molecule is C[C@@H](CN)C(F)(F)C(F)F. The molecular formula is C5H9F4N. The van der Waals surface area contributed by atoms with E-state index in [0.29, 0.717) is 0 Å². The first-order valence-corrected chi connectivity index (χ1v) is 2.79. The van der Waals surface area contributed by atoms with Gasteiger partial charge in [0.15, 0.2) is 0 Å². The third-order valence-corrected chi connectivity index (χ3v) is 1.30. The van der Waals surface area contributed by atoms with Gasteiger partial charge in [-0.25, -0.2) is 8.78 Å². The second-order valence-corrected chi connectivity index (χ2v) is 2.11. The lowest BCUT2D eigenvalue weighted by Gasteiger charge is -2.20. The first-order chi connectivity index (χ1) is 4.42. The van der Waals surface area contributed by atoms with Crippen LogP contribution in [0.1, 0.15) is 6.92 Å². The number of hydrogen-bond acceptors (Lipinski definition) is 1. The summed E-state index contributed by atoms with van der Waals surface area (Å²) in [7, 11) is 0. The predicted octanol–water partition coefficient (Wildman–Crippen LogP) is 1.48. The quantitative estimate of drug-likeness (QED) is 0.620. The molecular weight excluding hydrogens is 150 g/mol. The Morgan fingerprint density at radius 3 is 1.90 bits per heavy atom. The van der Waals surface area contributed by atoms with Gasteiger partial charge in [0.2, 0.25) is 0 Å². The van der Waals surface area contributed by atoms with Gasteiger partial charge in [-0.1, -0.05) is 6.92 Å². The highest BCUT2D eigenvalue weighted by molar-refractivity contribution is 4.76. The molecule has 0 aromatic rings. The second kappa shape index (κ2) is 3.18. The molecule has 0 unspecified atom stereocenters. The van der Waals surface area contributed by atoms with Crippen LogP contribution in [0, 0.1) is 5.92 Å². The molecule has 0 aliphatic rings. The molecule has 0 amide bonds. The van der Waals surface area contributed by atoms with Crippen molar-refractivity contribution >= 4 is 0 Å². The molecule has 0 rings (SSSR count). The minimum absolute atomic E-state index is 0.433. The van der Waals surface area contributed by atoms with E-state index in [0.717, 1.165) is 6.92 Å². The molecule has 0 aromatic carbocycles. The van der Waals surface area contributed by atoms with Gasteiger partial charge in [0.05, 0.1) is 0 Å². The number of nitrogens with two attached hydrogens (primary N) is 1. The van der Waals surface area contributed by atoms with E-state index in [9.17, 15) is 17.6 Å². The van der Waals surface area contributed by atoms with Gasteiger partial charge < -0.3 is 5.73 Å². The molecule has 0 saturated heterocycles. The highest BCUT2D eigenvalue weighted by Crippen LogP contribution is 2.30. The van der Waals surface area contributed by atoms with E-state index in [1.54, 1.807) is 0 Å². The van der Waals surface area contributed by atoms with E-state index in [-0.39, 0.29) is 0 Å². The van der Waals surface area contributed by atoms with Crippen molar-refractivity contribution in [1.82, 2.24) is 0 Å². The zero-order valence-corrected chi connectivity index (χ0v) is 5.45. The number of halogens is 4. The summed E-state index contributed by atoms with van der Waals surface area (Å²) in [4.78, 5) is 0. The van der Waals surface area contributed by atoms with E-state index in [1.807, 2.05) is 0 Å². The summed E-state index contributed by atoms with van der Waals surface area (Å²) in [5.41, 5.74) is 4.78. The summed E-state index contributed by atoms with van der Waals surface area (Å²) >= 11 is 0. The molecule has 1 nitrogen and oxygen atoms in total.